The first kappa shape index (κ1) is 11.8. The number of hydrogen-bond donors (Lipinski definition) is 1. The predicted molar refractivity (Wildman–Crippen MR) is 73.4 cm³/mol. The first-order valence-electron chi connectivity index (χ1n) is 5.68. The highest BCUT2D eigenvalue weighted by molar-refractivity contribution is 7.10. The lowest BCUT2D eigenvalue weighted by atomic mass is 10.1. The van der Waals surface area contributed by atoms with Gasteiger partial charge in [0.15, 0.2) is 0 Å². The first-order valence-corrected chi connectivity index (χ1v) is 7.50. The fraction of sp³-hybridized carbons (Fsp3) is 0.385. The van der Waals surface area contributed by atoms with Crippen LogP contribution in [-0.4, -0.2) is 6.54 Å². The Morgan fingerprint density at radius 1 is 1.31 bits per heavy atom. The summed E-state index contributed by atoms with van der Waals surface area (Å²) in [6, 6.07) is 7.08. The second-order valence-corrected chi connectivity index (χ2v) is 5.57. The molecule has 2 rings (SSSR count). The summed E-state index contributed by atoms with van der Waals surface area (Å²) in [5.74, 6) is 0. The van der Waals surface area contributed by atoms with Gasteiger partial charge in [-0.2, -0.15) is 11.3 Å². The zero-order chi connectivity index (χ0) is 11.2. The SMILES string of the molecule is CCC(NCCc1ccsc1)c1cccs1. The van der Waals surface area contributed by atoms with Gasteiger partial charge in [-0.25, -0.2) is 0 Å². The summed E-state index contributed by atoms with van der Waals surface area (Å²) in [5, 5.41) is 10.2. The Labute approximate surface area is 105 Å². The van der Waals surface area contributed by atoms with E-state index in [0.29, 0.717) is 6.04 Å². The molecule has 0 spiro atoms. The molecule has 0 saturated heterocycles. The smallest absolute Gasteiger partial charge is 0.0412 e. The molecule has 0 aliphatic carbocycles. The Bertz CT molecular complexity index is 378. The van der Waals surface area contributed by atoms with Crippen LogP contribution in [0.4, 0.5) is 0 Å². The van der Waals surface area contributed by atoms with Crippen LogP contribution in [0.1, 0.15) is 29.8 Å². The second-order valence-electron chi connectivity index (χ2n) is 3.81. The predicted octanol–water partition coefficient (Wildman–Crippen LogP) is 4.09. The number of thiophene rings is 2. The van der Waals surface area contributed by atoms with Crippen molar-refractivity contribution in [2.75, 3.05) is 6.54 Å². The normalized spacial score (nSPS) is 12.8. The summed E-state index contributed by atoms with van der Waals surface area (Å²) in [6.45, 7) is 3.30. The fourth-order valence-electron chi connectivity index (χ4n) is 1.76. The standard InChI is InChI=1S/C13H17NS2/c1-2-12(13-4-3-8-16-13)14-7-5-11-6-9-15-10-11/h3-4,6,8-10,12,14H,2,5,7H2,1H3. The Morgan fingerprint density at radius 2 is 2.25 bits per heavy atom. The maximum Gasteiger partial charge on any atom is 0.0412 e. The van der Waals surface area contributed by atoms with Crippen LogP contribution < -0.4 is 5.32 Å². The summed E-state index contributed by atoms with van der Waals surface area (Å²) in [5.41, 5.74) is 1.44. The molecular weight excluding hydrogens is 234 g/mol. The average molecular weight is 251 g/mol. The van der Waals surface area contributed by atoms with Crippen molar-refractivity contribution in [3.05, 3.63) is 44.8 Å². The quantitative estimate of drug-likeness (QED) is 0.815. The molecule has 1 atom stereocenters. The van der Waals surface area contributed by atoms with Gasteiger partial charge >= 0.3 is 0 Å². The van der Waals surface area contributed by atoms with Crippen LogP contribution in [0.25, 0.3) is 0 Å². The van der Waals surface area contributed by atoms with E-state index in [2.05, 4.69) is 46.6 Å². The highest BCUT2D eigenvalue weighted by atomic mass is 32.1. The number of rotatable bonds is 6. The molecule has 0 aromatic carbocycles. The highest BCUT2D eigenvalue weighted by Crippen LogP contribution is 2.21. The summed E-state index contributed by atoms with van der Waals surface area (Å²) in [7, 11) is 0. The van der Waals surface area contributed by atoms with E-state index in [1.807, 2.05) is 11.3 Å². The fourth-order valence-corrected chi connectivity index (χ4v) is 3.35. The lowest BCUT2D eigenvalue weighted by Gasteiger charge is -2.14. The molecule has 1 nitrogen and oxygen atoms in total. The second kappa shape index (κ2) is 6.18. The third kappa shape index (κ3) is 3.17. The van der Waals surface area contributed by atoms with E-state index in [4.69, 9.17) is 0 Å². The van der Waals surface area contributed by atoms with E-state index in [1.165, 1.54) is 10.4 Å². The van der Waals surface area contributed by atoms with Gasteiger partial charge in [-0.05, 0) is 53.2 Å². The minimum atomic E-state index is 0.527. The van der Waals surface area contributed by atoms with Crippen molar-refractivity contribution >= 4 is 22.7 Å². The number of hydrogen-bond acceptors (Lipinski definition) is 3. The van der Waals surface area contributed by atoms with Crippen molar-refractivity contribution in [3.63, 3.8) is 0 Å². The Morgan fingerprint density at radius 3 is 2.88 bits per heavy atom. The zero-order valence-electron chi connectivity index (χ0n) is 9.48. The molecule has 16 heavy (non-hydrogen) atoms. The van der Waals surface area contributed by atoms with Gasteiger partial charge in [0.05, 0.1) is 0 Å². The Hall–Kier alpha value is -0.640. The van der Waals surface area contributed by atoms with Crippen molar-refractivity contribution in [2.45, 2.75) is 25.8 Å². The molecule has 2 aromatic heterocycles. The number of nitrogens with one attached hydrogen (secondary N) is 1. The molecule has 0 amide bonds. The van der Waals surface area contributed by atoms with E-state index in [-0.39, 0.29) is 0 Å². The van der Waals surface area contributed by atoms with Crippen LogP contribution in [0.2, 0.25) is 0 Å². The van der Waals surface area contributed by atoms with Gasteiger partial charge < -0.3 is 5.32 Å². The van der Waals surface area contributed by atoms with Gasteiger partial charge in [0.25, 0.3) is 0 Å². The molecule has 86 valence electrons. The molecule has 0 bridgehead atoms. The highest BCUT2D eigenvalue weighted by Gasteiger charge is 2.08. The van der Waals surface area contributed by atoms with E-state index in [0.717, 1.165) is 19.4 Å². The van der Waals surface area contributed by atoms with Crippen LogP contribution in [-0.2, 0) is 6.42 Å². The Kier molecular flexibility index (Phi) is 4.57. The molecule has 1 N–H and O–H groups in total. The molecule has 2 aromatic rings. The largest absolute Gasteiger partial charge is 0.309 e. The van der Waals surface area contributed by atoms with Crippen LogP contribution in [0.15, 0.2) is 34.3 Å². The van der Waals surface area contributed by atoms with Crippen molar-refractivity contribution in [2.24, 2.45) is 0 Å². The van der Waals surface area contributed by atoms with Gasteiger partial charge in [-0.15, -0.1) is 11.3 Å². The molecule has 0 radical (unpaired) electrons. The van der Waals surface area contributed by atoms with Gasteiger partial charge in [0.2, 0.25) is 0 Å². The van der Waals surface area contributed by atoms with Crippen LogP contribution in [0.5, 0.6) is 0 Å². The summed E-state index contributed by atoms with van der Waals surface area (Å²) in [4.78, 5) is 1.45. The summed E-state index contributed by atoms with van der Waals surface area (Å²) < 4.78 is 0. The minimum Gasteiger partial charge on any atom is -0.309 e. The zero-order valence-corrected chi connectivity index (χ0v) is 11.1. The molecule has 0 fully saturated rings. The van der Waals surface area contributed by atoms with E-state index >= 15 is 0 Å². The van der Waals surface area contributed by atoms with Gasteiger partial charge in [-0.3, -0.25) is 0 Å². The maximum absolute atomic E-state index is 3.63. The summed E-state index contributed by atoms with van der Waals surface area (Å²) >= 11 is 3.62. The van der Waals surface area contributed by atoms with Crippen molar-refractivity contribution in [1.29, 1.82) is 0 Å². The molecule has 1 unspecified atom stereocenters. The van der Waals surface area contributed by atoms with Crippen molar-refractivity contribution < 1.29 is 0 Å². The molecule has 0 aliphatic rings. The van der Waals surface area contributed by atoms with E-state index < -0.39 is 0 Å². The van der Waals surface area contributed by atoms with Gasteiger partial charge in [0.1, 0.15) is 0 Å². The van der Waals surface area contributed by atoms with Gasteiger partial charge in [0, 0.05) is 10.9 Å². The lowest BCUT2D eigenvalue weighted by Crippen LogP contribution is -2.22. The first-order chi connectivity index (χ1) is 7.90. The van der Waals surface area contributed by atoms with Crippen molar-refractivity contribution in [3.8, 4) is 0 Å². The van der Waals surface area contributed by atoms with Crippen LogP contribution >= 0.6 is 22.7 Å². The molecule has 3 heteroatoms. The van der Waals surface area contributed by atoms with Crippen LogP contribution in [0.3, 0.4) is 0 Å². The molecule has 0 saturated carbocycles. The monoisotopic (exact) mass is 251 g/mol. The van der Waals surface area contributed by atoms with E-state index in [1.54, 1.807) is 11.3 Å². The maximum atomic E-state index is 3.63. The molecule has 2 heterocycles. The molecule has 0 aliphatic heterocycles. The topological polar surface area (TPSA) is 12.0 Å². The minimum absolute atomic E-state index is 0.527. The van der Waals surface area contributed by atoms with E-state index in [9.17, 15) is 0 Å². The third-order valence-electron chi connectivity index (χ3n) is 2.68. The summed E-state index contributed by atoms with van der Waals surface area (Å²) in [6.07, 6.45) is 2.29. The third-order valence-corrected chi connectivity index (χ3v) is 4.40. The average Bonchev–Trinajstić information content (AvgIpc) is 2.96. The van der Waals surface area contributed by atoms with Crippen LogP contribution in [0, 0.1) is 0 Å². The lowest BCUT2D eigenvalue weighted by molar-refractivity contribution is 0.530. The molecular formula is C13H17NS2. The van der Waals surface area contributed by atoms with Gasteiger partial charge in [-0.1, -0.05) is 13.0 Å². The Balaban J connectivity index is 1.80. The van der Waals surface area contributed by atoms with Crippen molar-refractivity contribution in [1.82, 2.24) is 5.32 Å².